The monoisotopic (exact) mass is 178 g/mol. The Bertz CT molecular complexity index is 252. The molecule has 70 valence electrons. The zero-order valence-corrected chi connectivity index (χ0v) is 7.44. The van der Waals surface area contributed by atoms with Gasteiger partial charge in [-0.15, -0.1) is 0 Å². The molecule has 1 rings (SSSR count). The molecule has 0 radical (unpaired) electrons. The van der Waals surface area contributed by atoms with Gasteiger partial charge in [0.2, 0.25) is 0 Å². The van der Waals surface area contributed by atoms with E-state index < -0.39 is 0 Å². The minimum atomic E-state index is 0. The predicted octanol–water partition coefficient (Wildman–Crippen LogP) is 1.98. The predicted molar refractivity (Wildman–Crippen MR) is 54.9 cm³/mol. The fourth-order valence-electron chi connectivity index (χ4n) is 0.813. The normalized spacial score (nSPS) is 9.23. The van der Waals surface area contributed by atoms with E-state index >= 15 is 0 Å². The average molecular weight is 178 g/mol. The quantitative estimate of drug-likeness (QED) is 0.650. The SMILES string of the molecule is C=CC=CCOc1ccccc1.O. The van der Waals surface area contributed by atoms with Crippen molar-refractivity contribution >= 4 is 0 Å². The summed E-state index contributed by atoms with van der Waals surface area (Å²) in [5.74, 6) is 0.895. The van der Waals surface area contributed by atoms with Crippen molar-refractivity contribution in [2.24, 2.45) is 0 Å². The summed E-state index contributed by atoms with van der Waals surface area (Å²) in [5, 5.41) is 0. The first-order chi connectivity index (χ1) is 5.93. The van der Waals surface area contributed by atoms with E-state index in [9.17, 15) is 0 Å². The van der Waals surface area contributed by atoms with Gasteiger partial charge in [-0.1, -0.05) is 36.9 Å². The second kappa shape index (κ2) is 7.13. The molecule has 0 aliphatic rings. The Morgan fingerprint density at radius 1 is 1.23 bits per heavy atom. The van der Waals surface area contributed by atoms with Gasteiger partial charge in [0.25, 0.3) is 0 Å². The van der Waals surface area contributed by atoms with Crippen molar-refractivity contribution in [1.29, 1.82) is 0 Å². The zero-order valence-electron chi connectivity index (χ0n) is 7.44. The van der Waals surface area contributed by atoms with Gasteiger partial charge in [-0.25, -0.2) is 0 Å². The molecule has 13 heavy (non-hydrogen) atoms. The maximum Gasteiger partial charge on any atom is 0.119 e. The number of rotatable bonds is 4. The Kier molecular flexibility index (Phi) is 6.28. The topological polar surface area (TPSA) is 40.7 Å². The molecule has 0 saturated heterocycles. The highest BCUT2D eigenvalue weighted by molar-refractivity contribution is 5.21. The van der Waals surface area contributed by atoms with Crippen LogP contribution >= 0.6 is 0 Å². The highest BCUT2D eigenvalue weighted by atomic mass is 16.5. The Morgan fingerprint density at radius 2 is 1.92 bits per heavy atom. The fraction of sp³-hybridized carbons (Fsp3) is 0.0909. The Morgan fingerprint density at radius 3 is 2.54 bits per heavy atom. The molecule has 0 aliphatic carbocycles. The highest BCUT2D eigenvalue weighted by Gasteiger charge is 1.85. The van der Waals surface area contributed by atoms with Gasteiger partial charge in [-0.2, -0.15) is 0 Å². The van der Waals surface area contributed by atoms with Crippen LogP contribution in [0.1, 0.15) is 0 Å². The Labute approximate surface area is 78.5 Å². The number of para-hydroxylation sites is 1. The van der Waals surface area contributed by atoms with Gasteiger partial charge in [0.05, 0.1) is 0 Å². The molecule has 2 N–H and O–H groups in total. The van der Waals surface area contributed by atoms with Crippen molar-refractivity contribution < 1.29 is 10.2 Å². The average Bonchev–Trinajstić information content (AvgIpc) is 2.14. The second-order valence-corrected chi connectivity index (χ2v) is 2.29. The first kappa shape index (κ1) is 11.5. The van der Waals surface area contributed by atoms with Crippen LogP contribution in [0.2, 0.25) is 0 Å². The third kappa shape index (κ3) is 4.82. The standard InChI is InChI=1S/C11H12O.H2O/c1-2-3-7-10-12-11-8-5-4-6-9-11;/h2-9H,1,10H2;1H2. The fourth-order valence-corrected chi connectivity index (χ4v) is 0.813. The molecule has 0 bridgehead atoms. The van der Waals surface area contributed by atoms with Gasteiger partial charge >= 0.3 is 0 Å². The van der Waals surface area contributed by atoms with Crippen LogP contribution in [-0.2, 0) is 0 Å². The van der Waals surface area contributed by atoms with E-state index in [-0.39, 0.29) is 5.48 Å². The van der Waals surface area contributed by atoms with E-state index in [0.717, 1.165) is 5.75 Å². The van der Waals surface area contributed by atoms with Crippen molar-refractivity contribution in [2.45, 2.75) is 0 Å². The minimum absolute atomic E-state index is 0. The summed E-state index contributed by atoms with van der Waals surface area (Å²) in [6.07, 6.45) is 5.51. The van der Waals surface area contributed by atoms with E-state index in [2.05, 4.69) is 6.58 Å². The highest BCUT2D eigenvalue weighted by Crippen LogP contribution is 2.07. The number of ether oxygens (including phenoxy) is 1. The summed E-state index contributed by atoms with van der Waals surface area (Å²) in [4.78, 5) is 0. The van der Waals surface area contributed by atoms with E-state index in [1.54, 1.807) is 6.08 Å². The third-order valence-corrected chi connectivity index (χ3v) is 1.36. The maximum absolute atomic E-state index is 5.37. The molecule has 0 aliphatic heterocycles. The van der Waals surface area contributed by atoms with Gasteiger partial charge < -0.3 is 10.2 Å². The summed E-state index contributed by atoms with van der Waals surface area (Å²) >= 11 is 0. The number of hydrogen-bond donors (Lipinski definition) is 0. The van der Waals surface area contributed by atoms with Crippen molar-refractivity contribution in [3.63, 3.8) is 0 Å². The molecule has 0 fully saturated rings. The van der Waals surface area contributed by atoms with Crippen LogP contribution < -0.4 is 4.74 Å². The molecular weight excluding hydrogens is 164 g/mol. The second-order valence-electron chi connectivity index (χ2n) is 2.29. The summed E-state index contributed by atoms with van der Waals surface area (Å²) in [6, 6.07) is 9.73. The smallest absolute Gasteiger partial charge is 0.119 e. The summed E-state index contributed by atoms with van der Waals surface area (Å²) in [5.41, 5.74) is 0. The van der Waals surface area contributed by atoms with Crippen LogP contribution in [-0.4, -0.2) is 12.1 Å². The van der Waals surface area contributed by atoms with Crippen molar-refractivity contribution in [1.82, 2.24) is 0 Å². The lowest BCUT2D eigenvalue weighted by Gasteiger charge is -2.00. The first-order valence-electron chi connectivity index (χ1n) is 3.89. The van der Waals surface area contributed by atoms with E-state index in [1.165, 1.54) is 0 Å². The van der Waals surface area contributed by atoms with Gasteiger partial charge in [-0.05, 0) is 18.2 Å². The molecule has 2 nitrogen and oxygen atoms in total. The Hall–Kier alpha value is -1.54. The van der Waals surface area contributed by atoms with Gasteiger partial charge in [0, 0.05) is 0 Å². The van der Waals surface area contributed by atoms with Crippen molar-refractivity contribution in [3.05, 3.63) is 55.1 Å². The first-order valence-corrected chi connectivity index (χ1v) is 3.89. The molecule has 0 spiro atoms. The molecular formula is C11H14O2. The van der Waals surface area contributed by atoms with Crippen LogP contribution in [0.25, 0.3) is 0 Å². The Balaban J connectivity index is 0.00000144. The summed E-state index contributed by atoms with van der Waals surface area (Å²) in [6.45, 7) is 4.16. The largest absolute Gasteiger partial charge is 0.490 e. The number of allylic oxidation sites excluding steroid dienone is 2. The molecule has 2 heteroatoms. The van der Waals surface area contributed by atoms with Gasteiger partial charge in [0.15, 0.2) is 0 Å². The summed E-state index contributed by atoms with van der Waals surface area (Å²) < 4.78 is 5.37. The molecule has 1 aromatic rings. The van der Waals surface area contributed by atoms with Gasteiger partial charge in [-0.3, -0.25) is 0 Å². The lowest BCUT2D eigenvalue weighted by molar-refractivity contribution is 0.363. The van der Waals surface area contributed by atoms with Gasteiger partial charge in [0.1, 0.15) is 12.4 Å². The number of hydrogen-bond acceptors (Lipinski definition) is 1. The van der Waals surface area contributed by atoms with Crippen LogP contribution in [0, 0.1) is 0 Å². The third-order valence-electron chi connectivity index (χ3n) is 1.36. The van der Waals surface area contributed by atoms with Crippen LogP contribution in [0.4, 0.5) is 0 Å². The molecule has 0 atom stereocenters. The molecule has 1 aromatic carbocycles. The summed E-state index contributed by atoms with van der Waals surface area (Å²) in [7, 11) is 0. The van der Waals surface area contributed by atoms with E-state index in [4.69, 9.17) is 4.74 Å². The van der Waals surface area contributed by atoms with Crippen LogP contribution in [0.3, 0.4) is 0 Å². The maximum atomic E-state index is 5.37. The molecule has 0 amide bonds. The molecule has 0 heterocycles. The minimum Gasteiger partial charge on any atom is -0.490 e. The van der Waals surface area contributed by atoms with Crippen molar-refractivity contribution in [3.8, 4) is 5.75 Å². The molecule has 0 unspecified atom stereocenters. The molecule has 0 saturated carbocycles. The van der Waals surface area contributed by atoms with E-state index in [1.807, 2.05) is 42.5 Å². The zero-order chi connectivity index (χ0) is 8.65. The van der Waals surface area contributed by atoms with Crippen molar-refractivity contribution in [2.75, 3.05) is 6.61 Å². The van der Waals surface area contributed by atoms with Crippen LogP contribution in [0.5, 0.6) is 5.75 Å². The number of benzene rings is 1. The lowest BCUT2D eigenvalue weighted by Crippen LogP contribution is -1.91. The lowest BCUT2D eigenvalue weighted by atomic mass is 10.3. The van der Waals surface area contributed by atoms with E-state index in [0.29, 0.717) is 6.61 Å². The van der Waals surface area contributed by atoms with Crippen LogP contribution in [0.15, 0.2) is 55.1 Å². The molecule has 0 aromatic heterocycles.